The minimum atomic E-state index is -0.182. The third kappa shape index (κ3) is 6.62. The summed E-state index contributed by atoms with van der Waals surface area (Å²) >= 11 is 5.59. The number of nitrogens with zero attached hydrogens (tertiary/aromatic N) is 1. The number of hydrogen-bond acceptors (Lipinski definition) is 2. The zero-order valence-electron chi connectivity index (χ0n) is 17.3. The predicted molar refractivity (Wildman–Crippen MR) is 114 cm³/mol. The van der Waals surface area contributed by atoms with Gasteiger partial charge in [-0.15, -0.1) is 0 Å². The summed E-state index contributed by atoms with van der Waals surface area (Å²) in [5, 5.41) is 3.94. The van der Waals surface area contributed by atoms with Crippen LogP contribution in [0.25, 0.3) is 0 Å². The van der Waals surface area contributed by atoms with Gasteiger partial charge in [-0.25, -0.2) is 0 Å². The molecule has 0 spiro atoms. The lowest BCUT2D eigenvalue weighted by Crippen LogP contribution is -2.48. The fraction of sp³-hybridized carbons (Fsp3) is 0.524. The van der Waals surface area contributed by atoms with Gasteiger partial charge in [0.05, 0.1) is 5.54 Å². The third-order valence-corrected chi connectivity index (χ3v) is 4.89. The van der Waals surface area contributed by atoms with Gasteiger partial charge >= 0.3 is 0 Å². The molecule has 4 heteroatoms. The highest BCUT2D eigenvalue weighted by Gasteiger charge is 2.28. The molecule has 0 heterocycles. The minimum absolute atomic E-state index is 0.138. The first-order valence-electron chi connectivity index (χ1n) is 8.84. The van der Waals surface area contributed by atoms with Crippen LogP contribution < -0.4 is 5.32 Å². The van der Waals surface area contributed by atoms with Gasteiger partial charge in [0.1, 0.15) is 5.78 Å². The van der Waals surface area contributed by atoms with Crippen molar-refractivity contribution in [1.29, 1.82) is 0 Å². The number of anilines is 1. The lowest BCUT2D eigenvalue weighted by Gasteiger charge is -2.39. The second kappa shape index (κ2) is 10.3. The van der Waals surface area contributed by atoms with Gasteiger partial charge in [0.15, 0.2) is 5.11 Å². The van der Waals surface area contributed by atoms with Crippen molar-refractivity contribution in [1.82, 2.24) is 4.90 Å². The highest BCUT2D eigenvalue weighted by atomic mass is 32.1. The van der Waals surface area contributed by atoms with E-state index in [1.54, 1.807) is 6.92 Å². The zero-order valence-corrected chi connectivity index (χ0v) is 18.1. The average Bonchev–Trinajstić information content (AvgIpc) is 2.56. The molecule has 3 nitrogen and oxygen atoms in total. The van der Waals surface area contributed by atoms with E-state index in [0.29, 0.717) is 11.5 Å². The van der Waals surface area contributed by atoms with Crippen LogP contribution in [-0.2, 0) is 11.2 Å². The lowest BCUT2D eigenvalue weighted by molar-refractivity contribution is -0.116. The molecule has 1 N–H and O–H groups in total. The Morgan fingerprint density at radius 2 is 1.64 bits per heavy atom. The Bertz CT molecular complexity index is 629. The van der Waals surface area contributed by atoms with E-state index in [1.807, 2.05) is 45.2 Å². The van der Waals surface area contributed by atoms with Crippen molar-refractivity contribution < 1.29 is 4.79 Å². The van der Waals surface area contributed by atoms with Crippen LogP contribution in [0.5, 0.6) is 0 Å². The first-order chi connectivity index (χ1) is 11.6. The number of likely N-dealkylation sites (N-methyl/N-ethyl adjacent to an activating group) is 1. The van der Waals surface area contributed by atoms with Crippen LogP contribution in [0.3, 0.4) is 0 Å². The van der Waals surface area contributed by atoms with Gasteiger partial charge in [0.2, 0.25) is 0 Å². The van der Waals surface area contributed by atoms with Crippen molar-refractivity contribution in [3.05, 3.63) is 41.0 Å². The number of thiocarbonyl (C=S) groups is 1. The molecule has 25 heavy (non-hydrogen) atoms. The second-order valence-electron chi connectivity index (χ2n) is 6.71. The molecule has 0 amide bonds. The van der Waals surface area contributed by atoms with Crippen LogP contribution in [0, 0.1) is 0 Å². The van der Waals surface area contributed by atoms with Gasteiger partial charge in [-0.1, -0.05) is 37.6 Å². The number of benzene rings is 1. The number of allylic oxidation sites excluding steroid dienone is 1. The highest BCUT2D eigenvalue weighted by molar-refractivity contribution is 7.80. The van der Waals surface area contributed by atoms with Gasteiger partial charge in [0.25, 0.3) is 0 Å². The van der Waals surface area contributed by atoms with Gasteiger partial charge in [-0.05, 0) is 71.0 Å². The summed E-state index contributed by atoms with van der Waals surface area (Å²) in [5.41, 5.74) is 4.26. The molecular weight excluding hydrogens is 328 g/mol. The van der Waals surface area contributed by atoms with Gasteiger partial charge in [0, 0.05) is 19.2 Å². The lowest BCUT2D eigenvalue weighted by atomic mass is 9.90. The maximum atomic E-state index is 11.4. The van der Waals surface area contributed by atoms with E-state index >= 15 is 0 Å². The van der Waals surface area contributed by atoms with Crippen LogP contribution >= 0.6 is 12.2 Å². The Labute approximate surface area is 159 Å². The summed E-state index contributed by atoms with van der Waals surface area (Å²) in [6, 6.07) is 7.80. The van der Waals surface area contributed by atoms with Crippen LogP contribution in [0.4, 0.5) is 5.69 Å². The maximum absolute atomic E-state index is 11.4. The molecule has 0 aliphatic carbocycles. The molecule has 1 aromatic rings. The van der Waals surface area contributed by atoms with Crippen molar-refractivity contribution in [3.8, 4) is 0 Å². The normalized spacial score (nSPS) is 10.3. The molecule has 0 unspecified atom stereocenters. The number of hydrogen-bond donors (Lipinski definition) is 1. The molecule has 0 fully saturated rings. The van der Waals surface area contributed by atoms with Crippen molar-refractivity contribution >= 4 is 28.8 Å². The molecule has 0 bridgehead atoms. The van der Waals surface area contributed by atoms with Gasteiger partial charge in [-0.3, -0.25) is 4.79 Å². The van der Waals surface area contributed by atoms with Crippen LogP contribution in [-0.4, -0.2) is 28.4 Å². The molecular formula is C21H34N2OS. The minimum Gasteiger partial charge on any atom is -0.343 e. The Balaban J connectivity index is 0.00000277. The number of carbonyl (C=O) groups is 1. The summed E-state index contributed by atoms with van der Waals surface area (Å²) in [6.07, 6.45) is 0.409. The molecule has 0 aromatic heterocycles. The van der Waals surface area contributed by atoms with E-state index < -0.39 is 0 Å². The molecule has 1 rings (SSSR count). The van der Waals surface area contributed by atoms with Gasteiger partial charge < -0.3 is 10.2 Å². The molecule has 0 saturated carbocycles. The van der Waals surface area contributed by atoms with Crippen LogP contribution in [0.15, 0.2) is 35.4 Å². The van der Waals surface area contributed by atoms with E-state index in [2.05, 4.69) is 44.8 Å². The predicted octanol–water partition coefficient (Wildman–Crippen LogP) is 5.61. The molecule has 0 aliphatic rings. The first kappa shape index (κ1) is 23.3. The van der Waals surface area contributed by atoms with Crippen molar-refractivity contribution in [2.24, 2.45) is 0 Å². The topological polar surface area (TPSA) is 32.3 Å². The quantitative estimate of drug-likeness (QED) is 0.545. The number of ketones is 1. The standard InChI is InChI=1S/C19H28N2OS.C2H6/c1-13(2)15(4)19(5,6)21(7)18(23)20-17-11-9-8-10-16(17)12-14(3)22;1-2/h8-11H,12H2,1-7H3,(H,20,23);1-2H3. The molecule has 0 radical (unpaired) electrons. The van der Waals surface area contributed by atoms with E-state index in [1.165, 1.54) is 11.1 Å². The van der Waals surface area contributed by atoms with E-state index in [4.69, 9.17) is 12.2 Å². The first-order valence-corrected chi connectivity index (χ1v) is 9.25. The molecule has 1 aromatic carbocycles. The molecule has 0 aliphatic heterocycles. The Morgan fingerprint density at radius 1 is 1.12 bits per heavy atom. The Hall–Kier alpha value is -1.68. The number of nitrogens with one attached hydrogen (secondary N) is 1. The maximum Gasteiger partial charge on any atom is 0.173 e. The smallest absolute Gasteiger partial charge is 0.173 e. The van der Waals surface area contributed by atoms with Crippen LogP contribution in [0.1, 0.15) is 61.0 Å². The monoisotopic (exact) mass is 362 g/mol. The summed E-state index contributed by atoms with van der Waals surface area (Å²) in [4.78, 5) is 13.5. The number of rotatable bonds is 5. The van der Waals surface area contributed by atoms with Crippen molar-refractivity contribution in [2.45, 2.75) is 67.3 Å². The van der Waals surface area contributed by atoms with E-state index in [-0.39, 0.29) is 11.3 Å². The number of para-hydroxylation sites is 1. The van der Waals surface area contributed by atoms with Crippen molar-refractivity contribution in [2.75, 3.05) is 12.4 Å². The van der Waals surface area contributed by atoms with E-state index in [9.17, 15) is 4.79 Å². The summed E-state index contributed by atoms with van der Waals surface area (Å²) < 4.78 is 0. The second-order valence-corrected chi connectivity index (χ2v) is 7.10. The molecule has 0 saturated heterocycles. The summed E-state index contributed by atoms with van der Waals surface area (Å²) in [6.45, 7) is 16.3. The SMILES string of the molecule is CC.CC(=O)Cc1ccccc1NC(=S)N(C)C(C)(C)C(C)=C(C)C. The molecule has 140 valence electrons. The Morgan fingerprint density at radius 3 is 2.12 bits per heavy atom. The highest BCUT2D eigenvalue weighted by Crippen LogP contribution is 2.26. The van der Waals surface area contributed by atoms with E-state index in [0.717, 1.165) is 11.3 Å². The fourth-order valence-electron chi connectivity index (χ4n) is 2.38. The molecule has 0 atom stereocenters. The average molecular weight is 363 g/mol. The fourth-order valence-corrected chi connectivity index (χ4v) is 2.72. The zero-order chi connectivity index (χ0) is 19.8. The summed E-state index contributed by atoms with van der Waals surface area (Å²) in [5.74, 6) is 0.138. The van der Waals surface area contributed by atoms with Crippen molar-refractivity contribution in [3.63, 3.8) is 0 Å². The third-order valence-electron chi connectivity index (χ3n) is 4.51. The Kier molecular flexibility index (Phi) is 9.65. The van der Waals surface area contributed by atoms with Gasteiger partial charge in [-0.2, -0.15) is 0 Å². The number of carbonyl (C=O) groups excluding carboxylic acids is 1. The number of Topliss-reactive ketones (excluding diaryl/α,β-unsaturated/α-hetero) is 1. The van der Waals surface area contributed by atoms with Crippen LogP contribution in [0.2, 0.25) is 0 Å². The largest absolute Gasteiger partial charge is 0.343 e. The summed E-state index contributed by atoms with van der Waals surface area (Å²) in [7, 11) is 2.00.